The standard InChI is InChI=1S/C14H17ClN2O2S/c15-11-5-3-4-10(8-11)9-16-14-12-6-1-2-7-13(12)20(18,19)17-14/h1-2,6-7,10-11H,3-5,8-9H2,(H,16,17). The van der Waals surface area contributed by atoms with Crippen LogP contribution in [-0.4, -0.2) is 26.2 Å². The first-order chi connectivity index (χ1) is 9.56. The predicted molar refractivity (Wildman–Crippen MR) is 79.8 cm³/mol. The van der Waals surface area contributed by atoms with Gasteiger partial charge in [0.05, 0.1) is 4.90 Å². The maximum atomic E-state index is 12.0. The summed E-state index contributed by atoms with van der Waals surface area (Å²) < 4.78 is 26.4. The van der Waals surface area contributed by atoms with E-state index < -0.39 is 10.0 Å². The Bertz CT molecular complexity index is 642. The van der Waals surface area contributed by atoms with Crippen molar-refractivity contribution >= 4 is 27.5 Å². The molecule has 1 saturated carbocycles. The molecule has 1 heterocycles. The van der Waals surface area contributed by atoms with Gasteiger partial charge in [-0.3, -0.25) is 9.71 Å². The van der Waals surface area contributed by atoms with E-state index in [4.69, 9.17) is 11.6 Å². The third-order valence-corrected chi connectivity index (χ3v) is 5.68. The van der Waals surface area contributed by atoms with Crippen molar-refractivity contribution in [3.8, 4) is 0 Å². The molecule has 0 amide bonds. The second-order valence-electron chi connectivity index (χ2n) is 5.42. The van der Waals surface area contributed by atoms with Crippen LogP contribution in [0.4, 0.5) is 0 Å². The summed E-state index contributed by atoms with van der Waals surface area (Å²) in [5, 5.41) is 0.238. The molecular weight excluding hydrogens is 296 g/mol. The highest BCUT2D eigenvalue weighted by Gasteiger charge is 2.30. The van der Waals surface area contributed by atoms with Crippen molar-refractivity contribution in [1.29, 1.82) is 0 Å². The summed E-state index contributed by atoms with van der Waals surface area (Å²) in [5.41, 5.74) is 0.672. The van der Waals surface area contributed by atoms with E-state index in [0.717, 1.165) is 25.7 Å². The molecule has 1 aliphatic carbocycles. The maximum Gasteiger partial charge on any atom is 0.263 e. The molecular formula is C14H17ClN2O2S. The van der Waals surface area contributed by atoms with Gasteiger partial charge in [0.1, 0.15) is 5.84 Å². The molecule has 3 rings (SSSR count). The number of sulfonamides is 1. The molecule has 2 atom stereocenters. The molecule has 1 aliphatic heterocycles. The fraction of sp³-hybridized carbons (Fsp3) is 0.500. The first-order valence-electron chi connectivity index (χ1n) is 6.87. The molecule has 6 heteroatoms. The first kappa shape index (κ1) is 13.9. The summed E-state index contributed by atoms with van der Waals surface area (Å²) in [6.45, 7) is 0.634. The van der Waals surface area contributed by atoms with Gasteiger partial charge in [-0.2, -0.15) is 0 Å². The van der Waals surface area contributed by atoms with Crippen LogP contribution in [0.2, 0.25) is 0 Å². The van der Waals surface area contributed by atoms with E-state index in [9.17, 15) is 8.42 Å². The Morgan fingerprint density at radius 1 is 1.30 bits per heavy atom. The minimum Gasteiger partial charge on any atom is -0.267 e. The second kappa shape index (κ2) is 5.37. The Morgan fingerprint density at radius 2 is 2.10 bits per heavy atom. The molecule has 2 unspecified atom stereocenters. The van der Waals surface area contributed by atoms with Crippen molar-refractivity contribution in [2.45, 2.75) is 36.0 Å². The van der Waals surface area contributed by atoms with E-state index >= 15 is 0 Å². The fourth-order valence-electron chi connectivity index (χ4n) is 2.86. The number of nitrogens with zero attached hydrogens (tertiary/aromatic N) is 1. The number of nitrogens with one attached hydrogen (secondary N) is 1. The topological polar surface area (TPSA) is 58.5 Å². The number of aliphatic imine (C=N–C) groups is 1. The highest BCUT2D eigenvalue weighted by Crippen LogP contribution is 2.28. The monoisotopic (exact) mass is 312 g/mol. The van der Waals surface area contributed by atoms with E-state index in [-0.39, 0.29) is 5.38 Å². The highest BCUT2D eigenvalue weighted by molar-refractivity contribution is 7.90. The average Bonchev–Trinajstić information content (AvgIpc) is 2.69. The smallest absolute Gasteiger partial charge is 0.263 e. The number of benzene rings is 1. The zero-order valence-corrected chi connectivity index (χ0v) is 12.6. The fourth-order valence-corrected chi connectivity index (χ4v) is 4.52. The second-order valence-corrected chi connectivity index (χ2v) is 7.69. The van der Waals surface area contributed by atoms with E-state index in [0.29, 0.717) is 28.8 Å². The molecule has 1 fully saturated rings. The van der Waals surface area contributed by atoms with Gasteiger partial charge < -0.3 is 0 Å². The van der Waals surface area contributed by atoms with Crippen LogP contribution in [0, 0.1) is 5.92 Å². The third kappa shape index (κ3) is 2.69. The van der Waals surface area contributed by atoms with E-state index in [1.54, 1.807) is 18.2 Å². The van der Waals surface area contributed by atoms with Gasteiger partial charge in [-0.1, -0.05) is 18.6 Å². The van der Waals surface area contributed by atoms with Gasteiger partial charge in [0.15, 0.2) is 0 Å². The lowest BCUT2D eigenvalue weighted by Crippen LogP contribution is -2.24. The zero-order valence-electron chi connectivity index (χ0n) is 11.0. The van der Waals surface area contributed by atoms with Crippen molar-refractivity contribution in [2.24, 2.45) is 10.9 Å². The number of halogens is 1. The van der Waals surface area contributed by atoms with Gasteiger partial charge in [-0.15, -0.1) is 11.6 Å². The molecule has 0 bridgehead atoms. The lowest BCUT2D eigenvalue weighted by atomic mass is 9.89. The Kier molecular flexibility index (Phi) is 3.73. The van der Waals surface area contributed by atoms with Gasteiger partial charge >= 0.3 is 0 Å². The molecule has 108 valence electrons. The summed E-state index contributed by atoms with van der Waals surface area (Å²) in [6.07, 6.45) is 4.29. The van der Waals surface area contributed by atoms with Crippen LogP contribution in [0.1, 0.15) is 31.2 Å². The summed E-state index contributed by atoms with van der Waals surface area (Å²) >= 11 is 6.17. The quantitative estimate of drug-likeness (QED) is 0.853. The zero-order chi connectivity index (χ0) is 14.2. The summed E-state index contributed by atoms with van der Waals surface area (Å²) in [6, 6.07) is 6.94. The molecule has 0 radical (unpaired) electrons. The molecule has 2 aliphatic rings. The van der Waals surface area contributed by atoms with E-state index in [1.807, 2.05) is 6.07 Å². The molecule has 20 heavy (non-hydrogen) atoms. The largest absolute Gasteiger partial charge is 0.267 e. The number of rotatable bonds is 2. The Balaban J connectivity index is 1.80. The van der Waals surface area contributed by atoms with Crippen LogP contribution in [-0.2, 0) is 10.0 Å². The molecule has 4 nitrogen and oxygen atoms in total. The molecule has 1 aromatic carbocycles. The van der Waals surface area contributed by atoms with Gasteiger partial charge in [-0.05, 0) is 37.3 Å². The third-order valence-electron chi connectivity index (χ3n) is 3.89. The van der Waals surface area contributed by atoms with Crippen molar-refractivity contribution < 1.29 is 8.42 Å². The van der Waals surface area contributed by atoms with Gasteiger partial charge in [0.25, 0.3) is 10.0 Å². The molecule has 1 aromatic rings. The van der Waals surface area contributed by atoms with Crippen LogP contribution in [0.25, 0.3) is 0 Å². The van der Waals surface area contributed by atoms with Crippen molar-refractivity contribution in [2.75, 3.05) is 6.54 Å². The van der Waals surface area contributed by atoms with Crippen LogP contribution < -0.4 is 4.72 Å². The SMILES string of the molecule is O=S1(=O)NC(=NCC2CCCC(Cl)C2)c2ccccc21. The normalized spacial score (nSPS) is 29.9. The summed E-state index contributed by atoms with van der Waals surface area (Å²) in [5.74, 6) is 0.924. The summed E-state index contributed by atoms with van der Waals surface area (Å²) in [7, 11) is -3.43. The van der Waals surface area contributed by atoms with Crippen molar-refractivity contribution in [1.82, 2.24) is 4.72 Å². The predicted octanol–water partition coefficient (Wildman–Crippen LogP) is 2.52. The van der Waals surface area contributed by atoms with Crippen LogP contribution in [0.5, 0.6) is 0 Å². The van der Waals surface area contributed by atoms with Crippen LogP contribution in [0.15, 0.2) is 34.2 Å². The number of alkyl halides is 1. The molecule has 0 aromatic heterocycles. The Hall–Kier alpha value is -1.07. The number of amidine groups is 1. The Morgan fingerprint density at radius 3 is 2.90 bits per heavy atom. The number of fused-ring (bicyclic) bond motifs is 1. The van der Waals surface area contributed by atoms with Gasteiger partial charge in [-0.25, -0.2) is 8.42 Å². The Labute approximate surface area is 124 Å². The van der Waals surface area contributed by atoms with E-state index in [1.165, 1.54) is 0 Å². The maximum absolute atomic E-state index is 12.0. The van der Waals surface area contributed by atoms with Crippen LogP contribution >= 0.6 is 11.6 Å². The van der Waals surface area contributed by atoms with Gasteiger partial charge in [0.2, 0.25) is 0 Å². The lowest BCUT2D eigenvalue weighted by molar-refractivity contribution is 0.372. The average molecular weight is 313 g/mol. The molecule has 0 spiro atoms. The van der Waals surface area contributed by atoms with E-state index in [2.05, 4.69) is 9.71 Å². The minimum absolute atomic E-state index is 0.238. The number of hydrogen-bond acceptors (Lipinski definition) is 3. The summed E-state index contributed by atoms with van der Waals surface area (Å²) in [4.78, 5) is 4.80. The molecule has 1 N–H and O–H groups in total. The van der Waals surface area contributed by atoms with Crippen molar-refractivity contribution in [3.05, 3.63) is 29.8 Å². The first-order valence-corrected chi connectivity index (χ1v) is 8.79. The van der Waals surface area contributed by atoms with Gasteiger partial charge in [0, 0.05) is 17.5 Å². The van der Waals surface area contributed by atoms with Crippen molar-refractivity contribution in [3.63, 3.8) is 0 Å². The molecule has 0 saturated heterocycles. The highest BCUT2D eigenvalue weighted by atomic mass is 35.5. The minimum atomic E-state index is -3.43. The van der Waals surface area contributed by atoms with Crippen LogP contribution in [0.3, 0.4) is 0 Å². The number of hydrogen-bond donors (Lipinski definition) is 1. The lowest BCUT2D eigenvalue weighted by Gasteiger charge is -2.23.